The van der Waals surface area contributed by atoms with Gasteiger partial charge in [-0.1, -0.05) is 55.8 Å². The van der Waals surface area contributed by atoms with Crippen LogP contribution in [0.4, 0.5) is 0 Å². The first-order valence-corrected chi connectivity index (χ1v) is 11.0. The van der Waals surface area contributed by atoms with E-state index < -0.39 is 29.9 Å². The Morgan fingerprint density at radius 2 is 1.68 bits per heavy atom. The van der Waals surface area contributed by atoms with Gasteiger partial charge < -0.3 is 20.1 Å². The highest BCUT2D eigenvalue weighted by Crippen LogP contribution is 2.25. The number of carbonyl (C=O) groups is 3. The molecule has 0 bridgehead atoms. The standard InChI is InChI=1S/C26H26N2O6/c1-2-3-9-19-11-13-21(24(31)27-15-23(29)30)25(32)28(19)16-17-10-12-20(22(14-17)26(33)34)18-7-5-4-6-8-18/h4-8,10-14H,2-3,9,15-16H2,1H3,(H,27,31)(H,29,30)(H,33,34). The molecule has 8 heteroatoms. The van der Waals surface area contributed by atoms with Crippen molar-refractivity contribution in [2.75, 3.05) is 6.54 Å². The molecule has 0 saturated carbocycles. The van der Waals surface area contributed by atoms with Gasteiger partial charge in [-0.2, -0.15) is 0 Å². The molecule has 0 fully saturated rings. The van der Waals surface area contributed by atoms with Crippen molar-refractivity contribution in [1.82, 2.24) is 9.88 Å². The summed E-state index contributed by atoms with van der Waals surface area (Å²) in [7, 11) is 0. The van der Waals surface area contributed by atoms with E-state index in [-0.39, 0.29) is 17.7 Å². The number of aryl methyl sites for hydroxylation is 1. The van der Waals surface area contributed by atoms with Crippen LogP contribution in [0.5, 0.6) is 0 Å². The van der Waals surface area contributed by atoms with E-state index in [4.69, 9.17) is 5.11 Å². The van der Waals surface area contributed by atoms with Gasteiger partial charge in [0.2, 0.25) is 0 Å². The zero-order chi connectivity index (χ0) is 24.7. The average molecular weight is 463 g/mol. The van der Waals surface area contributed by atoms with E-state index in [1.54, 1.807) is 18.2 Å². The first kappa shape index (κ1) is 24.4. The molecule has 1 heterocycles. The summed E-state index contributed by atoms with van der Waals surface area (Å²) < 4.78 is 1.45. The Labute approximate surface area is 196 Å². The summed E-state index contributed by atoms with van der Waals surface area (Å²) in [6.07, 6.45) is 2.35. The van der Waals surface area contributed by atoms with Gasteiger partial charge in [-0.05, 0) is 47.7 Å². The number of hydrogen-bond donors (Lipinski definition) is 3. The lowest BCUT2D eigenvalue weighted by Crippen LogP contribution is -2.36. The number of carboxylic acid groups (broad SMARTS) is 2. The second kappa shape index (κ2) is 11.1. The van der Waals surface area contributed by atoms with Crippen LogP contribution < -0.4 is 10.9 Å². The number of unbranched alkanes of at least 4 members (excludes halogenated alkanes) is 1. The summed E-state index contributed by atoms with van der Waals surface area (Å²) in [5, 5.41) is 20.8. The summed E-state index contributed by atoms with van der Waals surface area (Å²) in [6.45, 7) is 1.50. The molecule has 8 nitrogen and oxygen atoms in total. The lowest BCUT2D eigenvalue weighted by Gasteiger charge is -2.16. The van der Waals surface area contributed by atoms with E-state index in [1.165, 1.54) is 16.7 Å². The number of aromatic carboxylic acids is 1. The molecule has 0 atom stereocenters. The van der Waals surface area contributed by atoms with Gasteiger partial charge in [-0.3, -0.25) is 14.4 Å². The van der Waals surface area contributed by atoms with Crippen molar-refractivity contribution in [3.8, 4) is 11.1 Å². The third-order valence-corrected chi connectivity index (χ3v) is 5.44. The van der Waals surface area contributed by atoms with Gasteiger partial charge in [0.05, 0.1) is 12.1 Å². The molecule has 0 aliphatic heterocycles. The number of benzene rings is 2. The third kappa shape index (κ3) is 5.78. The minimum absolute atomic E-state index is 0.0767. The van der Waals surface area contributed by atoms with Crippen LogP contribution in [0.15, 0.2) is 65.5 Å². The number of nitrogens with one attached hydrogen (secondary N) is 1. The largest absolute Gasteiger partial charge is 0.480 e. The monoisotopic (exact) mass is 462 g/mol. The number of amides is 1. The number of carboxylic acids is 2. The lowest BCUT2D eigenvalue weighted by atomic mass is 9.97. The average Bonchev–Trinajstić information content (AvgIpc) is 2.83. The van der Waals surface area contributed by atoms with Gasteiger partial charge in [0.25, 0.3) is 11.5 Å². The van der Waals surface area contributed by atoms with Crippen LogP contribution in [-0.2, 0) is 17.8 Å². The van der Waals surface area contributed by atoms with Gasteiger partial charge >= 0.3 is 11.9 Å². The SMILES string of the molecule is CCCCc1ccc(C(=O)NCC(=O)O)c(=O)n1Cc1ccc(-c2ccccc2)c(C(=O)O)c1. The minimum Gasteiger partial charge on any atom is -0.480 e. The van der Waals surface area contributed by atoms with Crippen LogP contribution in [0.1, 0.15) is 51.7 Å². The number of nitrogens with zero attached hydrogens (tertiary/aromatic N) is 1. The van der Waals surface area contributed by atoms with Gasteiger partial charge in [0.1, 0.15) is 12.1 Å². The zero-order valence-electron chi connectivity index (χ0n) is 18.8. The highest BCUT2D eigenvalue weighted by molar-refractivity contribution is 5.96. The molecule has 176 valence electrons. The number of hydrogen-bond acceptors (Lipinski definition) is 4. The number of rotatable bonds is 10. The molecule has 2 aromatic carbocycles. The van der Waals surface area contributed by atoms with Crippen LogP contribution in [0.3, 0.4) is 0 Å². The molecule has 0 unspecified atom stereocenters. The molecule has 3 aromatic rings. The van der Waals surface area contributed by atoms with E-state index >= 15 is 0 Å². The second-order valence-corrected chi connectivity index (χ2v) is 7.86. The maximum absolute atomic E-state index is 13.2. The van der Waals surface area contributed by atoms with E-state index in [0.717, 1.165) is 18.4 Å². The van der Waals surface area contributed by atoms with Crippen molar-refractivity contribution < 1.29 is 24.6 Å². The number of carbonyl (C=O) groups excluding carboxylic acids is 1. The molecule has 34 heavy (non-hydrogen) atoms. The Kier molecular flexibility index (Phi) is 7.97. The van der Waals surface area contributed by atoms with Crippen molar-refractivity contribution >= 4 is 17.8 Å². The topological polar surface area (TPSA) is 126 Å². The first-order chi connectivity index (χ1) is 16.3. The fourth-order valence-corrected chi connectivity index (χ4v) is 3.71. The Morgan fingerprint density at radius 3 is 2.32 bits per heavy atom. The molecule has 0 aliphatic rings. The lowest BCUT2D eigenvalue weighted by molar-refractivity contribution is -0.135. The molecule has 1 aromatic heterocycles. The number of pyridine rings is 1. The number of aromatic nitrogens is 1. The smallest absolute Gasteiger partial charge is 0.336 e. The molecule has 1 amide bonds. The molecule has 0 aliphatic carbocycles. The predicted molar refractivity (Wildman–Crippen MR) is 127 cm³/mol. The minimum atomic E-state index is -1.21. The van der Waals surface area contributed by atoms with E-state index in [2.05, 4.69) is 5.32 Å². The molecule has 0 radical (unpaired) electrons. The van der Waals surface area contributed by atoms with Gasteiger partial charge in [0, 0.05) is 5.69 Å². The van der Waals surface area contributed by atoms with Crippen molar-refractivity contribution in [3.63, 3.8) is 0 Å². The Bertz CT molecular complexity index is 1260. The molecule has 3 N–H and O–H groups in total. The fourth-order valence-electron chi connectivity index (χ4n) is 3.71. The van der Waals surface area contributed by atoms with Gasteiger partial charge in [0.15, 0.2) is 0 Å². The molecular weight excluding hydrogens is 436 g/mol. The highest BCUT2D eigenvalue weighted by atomic mass is 16.4. The van der Waals surface area contributed by atoms with Crippen molar-refractivity contribution in [1.29, 1.82) is 0 Å². The summed E-state index contributed by atoms with van der Waals surface area (Å²) in [5.74, 6) is -3.07. The first-order valence-electron chi connectivity index (χ1n) is 11.0. The van der Waals surface area contributed by atoms with Crippen LogP contribution in [0.2, 0.25) is 0 Å². The van der Waals surface area contributed by atoms with Crippen LogP contribution in [0, 0.1) is 0 Å². The summed E-state index contributed by atoms with van der Waals surface area (Å²) in [5.41, 5.74) is 2.04. The Hall–Kier alpha value is -4.20. The van der Waals surface area contributed by atoms with Crippen molar-refractivity contribution in [2.24, 2.45) is 0 Å². The predicted octanol–water partition coefficient (Wildman–Crippen LogP) is 3.42. The maximum Gasteiger partial charge on any atom is 0.336 e. The quantitative estimate of drug-likeness (QED) is 0.424. The molecule has 0 spiro atoms. The molecular formula is C26H26N2O6. The van der Waals surface area contributed by atoms with Crippen LogP contribution in [0.25, 0.3) is 11.1 Å². The fraction of sp³-hybridized carbons (Fsp3) is 0.231. The summed E-state index contributed by atoms with van der Waals surface area (Å²) in [6, 6.07) is 17.3. The summed E-state index contributed by atoms with van der Waals surface area (Å²) >= 11 is 0. The van der Waals surface area contributed by atoms with Crippen LogP contribution in [-0.4, -0.2) is 39.2 Å². The van der Waals surface area contributed by atoms with Crippen LogP contribution >= 0.6 is 0 Å². The van der Waals surface area contributed by atoms with Gasteiger partial charge in [-0.15, -0.1) is 0 Å². The second-order valence-electron chi connectivity index (χ2n) is 7.86. The maximum atomic E-state index is 13.2. The van der Waals surface area contributed by atoms with Gasteiger partial charge in [-0.25, -0.2) is 4.79 Å². The third-order valence-electron chi connectivity index (χ3n) is 5.44. The number of aliphatic carboxylic acids is 1. The van der Waals surface area contributed by atoms with E-state index in [9.17, 15) is 24.3 Å². The normalized spacial score (nSPS) is 10.6. The zero-order valence-corrected chi connectivity index (χ0v) is 18.8. The van der Waals surface area contributed by atoms with Crippen molar-refractivity contribution in [3.05, 3.63) is 93.4 Å². The molecule has 0 saturated heterocycles. The van der Waals surface area contributed by atoms with Crippen molar-refractivity contribution in [2.45, 2.75) is 32.7 Å². The summed E-state index contributed by atoms with van der Waals surface area (Å²) in [4.78, 5) is 48.3. The molecule has 3 rings (SSSR count). The Morgan fingerprint density at radius 1 is 0.941 bits per heavy atom. The van der Waals surface area contributed by atoms with E-state index in [0.29, 0.717) is 23.2 Å². The Balaban J connectivity index is 2.02. The van der Waals surface area contributed by atoms with E-state index in [1.807, 2.05) is 37.3 Å². The highest BCUT2D eigenvalue weighted by Gasteiger charge is 2.18.